The third-order valence-corrected chi connectivity index (χ3v) is 3.20. The highest BCUT2D eigenvalue weighted by Crippen LogP contribution is 2.26. The molecular weight excluding hydrogens is 224 g/mol. The van der Waals surface area contributed by atoms with Crippen molar-refractivity contribution in [1.29, 1.82) is 0 Å². The lowest BCUT2D eigenvalue weighted by Gasteiger charge is -2.04. The number of rotatable bonds is 3. The molecule has 84 valence electrons. The Bertz CT molecular complexity index is 377. The Balaban J connectivity index is 1.92. The molecule has 1 heterocycles. The Labute approximate surface area is 98.4 Å². The van der Waals surface area contributed by atoms with E-state index in [1.165, 1.54) is 11.8 Å². The first-order chi connectivity index (χ1) is 7.79. The topological polar surface area (TPSA) is 35.5 Å². The van der Waals surface area contributed by atoms with Crippen LogP contribution in [0.1, 0.15) is 6.42 Å². The maximum absolute atomic E-state index is 11.8. The van der Waals surface area contributed by atoms with E-state index in [4.69, 9.17) is 9.78 Å². The Hall–Kier alpha value is -1.10. The van der Waals surface area contributed by atoms with Crippen molar-refractivity contribution in [3.63, 3.8) is 0 Å². The van der Waals surface area contributed by atoms with Gasteiger partial charge in [0.1, 0.15) is 6.10 Å². The summed E-state index contributed by atoms with van der Waals surface area (Å²) < 4.78 is 0. The zero-order valence-corrected chi connectivity index (χ0v) is 9.48. The molecule has 4 heteroatoms. The van der Waals surface area contributed by atoms with E-state index in [9.17, 15) is 4.79 Å². The van der Waals surface area contributed by atoms with E-state index in [0.717, 1.165) is 4.90 Å². The molecule has 2 rings (SSSR count). The van der Waals surface area contributed by atoms with Gasteiger partial charge >= 0.3 is 0 Å². The molecule has 0 radical (unpaired) electrons. The SMILES string of the molecule is C=C[C@@H]1C[C@@H](C(=O)Sc2ccccc2)OO1. The van der Waals surface area contributed by atoms with Crippen LogP contribution < -0.4 is 0 Å². The molecule has 1 aromatic rings. The van der Waals surface area contributed by atoms with E-state index in [1.807, 2.05) is 30.3 Å². The minimum atomic E-state index is -0.492. The van der Waals surface area contributed by atoms with Crippen LogP contribution in [-0.4, -0.2) is 17.3 Å². The zero-order valence-electron chi connectivity index (χ0n) is 8.67. The summed E-state index contributed by atoms with van der Waals surface area (Å²) in [6, 6.07) is 9.49. The van der Waals surface area contributed by atoms with Gasteiger partial charge in [0.15, 0.2) is 6.10 Å². The normalized spacial score (nSPS) is 24.2. The maximum atomic E-state index is 11.8. The van der Waals surface area contributed by atoms with Crippen molar-refractivity contribution in [1.82, 2.24) is 0 Å². The van der Waals surface area contributed by atoms with Crippen molar-refractivity contribution in [3.05, 3.63) is 43.0 Å². The van der Waals surface area contributed by atoms with Gasteiger partial charge in [-0.15, -0.1) is 6.58 Å². The van der Waals surface area contributed by atoms with Gasteiger partial charge in [-0.05, 0) is 23.9 Å². The Morgan fingerprint density at radius 3 is 2.75 bits per heavy atom. The summed E-state index contributed by atoms with van der Waals surface area (Å²) in [7, 11) is 0. The predicted octanol–water partition coefficient (Wildman–Crippen LogP) is 2.58. The fraction of sp³-hybridized carbons (Fsp3) is 0.250. The van der Waals surface area contributed by atoms with Crippen LogP contribution in [0.25, 0.3) is 0 Å². The van der Waals surface area contributed by atoms with Gasteiger partial charge in [0, 0.05) is 11.3 Å². The van der Waals surface area contributed by atoms with E-state index >= 15 is 0 Å². The molecule has 2 atom stereocenters. The van der Waals surface area contributed by atoms with Crippen molar-refractivity contribution < 1.29 is 14.6 Å². The van der Waals surface area contributed by atoms with Crippen LogP contribution in [0.2, 0.25) is 0 Å². The smallest absolute Gasteiger partial charge is 0.225 e. The Kier molecular flexibility index (Phi) is 3.77. The van der Waals surface area contributed by atoms with Gasteiger partial charge in [-0.2, -0.15) is 0 Å². The molecule has 1 aliphatic rings. The fourth-order valence-electron chi connectivity index (χ4n) is 1.37. The van der Waals surface area contributed by atoms with Crippen LogP contribution in [0.4, 0.5) is 0 Å². The van der Waals surface area contributed by atoms with Crippen molar-refractivity contribution in [3.8, 4) is 0 Å². The molecule has 1 saturated heterocycles. The highest BCUT2D eigenvalue weighted by molar-refractivity contribution is 8.13. The molecule has 0 bridgehead atoms. The van der Waals surface area contributed by atoms with E-state index in [-0.39, 0.29) is 11.2 Å². The van der Waals surface area contributed by atoms with Crippen LogP contribution in [0.15, 0.2) is 47.9 Å². The summed E-state index contributed by atoms with van der Waals surface area (Å²) in [5, 5.41) is -0.0319. The first kappa shape index (κ1) is 11.4. The summed E-state index contributed by atoms with van der Waals surface area (Å²) in [4.78, 5) is 22.6. The van der Waals surface area contributed by atoms with E-state index in [2.05, 4.69) is 6.58 Å². The average Bonchev–Trinajstić information content (AvgIpc) is 2.79. The summed E-state index contributed by atoms with van der Waals surface area (Å²) in [6.45, 7) is 3.60. The van der Waals surface area contributed by atoms with Gasteiger partial charge < -0.3 is 0 Å². The monoisotopic (exact) mass is 236 g/mol. The van der Waals surface area contributed by atoms with E-state index in [0.29, 0.717) is 6.42 Å². The molecular formula is C12H12O3S. The Morgan fingerprint density at radius 1 is 1.38 bits per heavy atom. The standard InChI is InChI=1S/C12H12O3S/c1-2-9-8-11(15-14-9)12(13)16-10-6-4-3-5-7-10/h2-7,9,11H,1,8H2/t9-,11+/m1/s1. The lowest BCUT2D eigenvalue weighted by atomic mass is 10.2. The first-order valence-corrected chi connectivity index (χ1v) is 5.82. The van der Waals surface area contributed by atoms with Crippen LogP contribution in [0.3, 0.4) is 0 Å². The van der Waals surface area contributed by atoms with Gasteiger partial charge in [-0.3, -0.25) is 4.79 Å². The second-order valence-electron chi connectivity index (χ2n) is 3.43. The maximum Gasteiger partial charge on any atom is 0.225 e. The molecule has 3 nitrogen and oxygen atoms in total. The molecule has 1 aromatic carbocycles. The minimum Gasteiger partial charge on any atom is -0.284 e. The van der Waals surface area contributed by atoms with Crippen LogP contribution in [0, 0.1) is 0 Å². The number of thioether (sulfide) groups is 1. The largest absolute Gasteiger partial charge is 0.284 e. The summed E-state index contributed by atoms with van der Waals surface area (Å²) in [6.07, 6.45) is 1.52. The number of carbonyl (C=O) groups is 1. The molecule has 0 saturated carbocycles. The second-order valence-corrected chi connectivity index (χ2v) is 4.50. The first-order valence-electron chi connectivity index (χ1n) is 5.01. The summed E-state index contributed by atoms with van der Waals surface area (Å²) in [5.74, 6) is 0. The molecule has 16 heavy (non-hydrogen) atoms. The van der Waals surface area contributed by atoms with Gasteiger partial charge in [-0.1, -0.05) is 24.3 Å². The molecule has 0 amide bonds. The van der Waals surface area contributed by atoms with Crippen LogP contribution in [0.5, 0.6) is 0 Å². The second kappa shape index (κ2) is 5.30. The van der Waals surface area contributed by atoms with E-state index in [1.54, 1.807) is 6.08 Å². The average molecular weight is 236 g/mol. The molecule has 0 unspecified atom stereocenters. The molecule has 0 aliphatic carbocycles. The predicted molar refractivity (Wildman–Crippen MR) is 61.9 cm³/mol. The lowest BCUT2D eigenvalue weighted by molar-refractivity contribution is -0.281. The highest BCUT2D eigenvalue weighted by atomic mass is 32.2. The van der Waals surface area contributed by atoms with Gasteiger partial charge in [-0.25, -0.2) is 9.78 Å². The molecule has 1 fully saturated rings. The van der Waals surface area contributed by atoms with Crippen molar-refractivity contribution in [2.75, 3.05) is 0 Å². The van der Waals surface area contributed by atoms with E-state index < -0.39 is 6.10 Å². The third-order valence-electron chi connectivity index (χ3n) is 2.23. The summed E-state index contributed by atoms with van der Waals surface area (Å²) >= 11 is 1.18. The summed E-state index contributed by atoms with van der Waals surface area (Å²) in [5.41, 5.74) is 0. The van der Waals surface area contributed by atoms with Crippen molar-refractivity contribution in [2.45, 2.75) is 23.5 Å². The Morgan fingerprint density at radius 2 is 2.12 bits per heavy atom. The number of hydrogen-bond acceptors (Lipinski definition) is 4. The molecule has 1 aliphatic heterocycles. The zero-order chi connectivity index (χ0) is 11.4. The van der Waals surface area contributed by atoms with Crippen molar-refractivity contribution >= 4 is 16.9 Å². The van der Waals surface area contributed by atoms with Gasteiger partial charge in [0.25, 0.3) is 0 Å². The lowest BCUT2D eigenvalue weighted by Crippen LogP contribution is -2.16. The number of benzene rings is 1. The van der Waals surface area contributed by atoms with Crippen LogP contribution in [-0.2, 0) is 14.6 Å². The van der Waals surface area contributed by atoms with Crippen LogP contribution >= 0.6 is 11.8 Å². The third kappa shape index (κ3) is 2.72. The molecule has 0 spiro atoms. The van der Waals surface area contributed by atoms with Gasteiger partial charge in [0.2, 0.25) is 5.12 Å². The van der Waals surface area contributed by atoms with Gasteiger partial charge in [0.05, 0.1) is 0 Å². The highest BCUT2D eigenvalue weighted by Gasteiger charge is 2.31. The molecule has 0 N–H and O–H groups in total. The number of hydrogen-bond donors (Lipinski definition) is 0. The molecule has 0 aromatic heterocycles. The van der Waals surface area contributed by atoms with Crippen molar-refractivity contribution in [2.24, 2.45) is 0 Å². The fourth-order valence-corrected chi connectivity index (χ4v) is 2.16. The minimum absolute atomic E-state index is 0.0319. The number of carbonyl (C=O) groups excluding carboxylic acids is 1. The quantitative estimate of drug-likeness (QED) is 0.459.